The van der Waals surface area contributed by atoms with Crippen molar-refractivity contribution in [3.05, 3.63) is 18.1 Å². The van der Waals surface area contributed by atoms with Crippen molar-refractivity contribution in [1.82, 2.24) is 9.97 Å². The number of anilines is 1. The molecular formula is C12H17N3O2. The van der Waals surface area contributed by atoms with Crippen LogP contribution >= 0.6 is 0 Å². The lowest BCUT2D eigenvalue weighted by atomic mass is 9.94. The van der Waals surface area contributed by atoms with Gasteiger partial charge >= 0.3 is 5.97 Å². The van der Waals surface area contributed by atoms with Gasteiger partial charge in [-0.25, -0.2) is 14.8 Å². The summed E-state index contributed by atoms with van der Waals surface area (Å²) < 4.78 is 0. The Bertz CT molecular complexity index is 402. The highest BCUT2D eigenvalue weighted by atomic mass is 16.4. The van der Waals surface area contributed by atoms with Crippen LogP contribution in [0.4, 0.5) is 5.82 Å². The van der Waals surface area contributed by atoms with E-state index in [1.165, 1.54) is 31.8 Å². The molecule has 1 N–H and O–H groups in total. The Hall–Kier alpha value is -1.65. The van der Waals surface area contributed by atoms with Gasteiger partial charge < -0.3 is 10.0 Å². The van der Waals surface area contributed by atoms with Crippen LogP contribution in [0, 0.1) is 0 Å². The van der Waals surface area contributed by atoms with Crippen molar-refractivity contribution in [3.63, 3.8) is 0 Å². The van der Waals surface area contributed by atoms with E-state index in [2.05, 4.69) is 9.97 Å². The fraction of sp³-hybridized carbons (Fsp3) is 0.583. The number of carboxylic acids is 1. The molecule has 1 heterocycles. The summed E-state index contributed by atoms with van der Waals surface area (Å²) in [5.74, 6) is -0.442. The van der Waals surface area contributed by atoms with Gasteiger partial charge in [-0.3, -0.25) is 0 Å². The first-order chi connectivity index (χ1) is 8.20. The summed E-state index contributed by atoms with van der Waals surface area (Å²) in [5, 5.41) is 9.11. The van der Waals surface area contributed by atoms with E-state index in [0.717, 1.165) is 12.8 Å². The minimum absolute atomic E-state index is 0.181. The summed E-state index contributed by atoms with van der Waals surface area (Å²) >= 11 is 0. The molecule has 0 radical (unpaired) electrons. The van der Waals surface area contributed by atoms with E-state index in [1.54, 1.807) is 0 Å². The molecule has 0 unspecified atom stereocenters. The van der Waals surface area contributed by atoms with E-state index in [1.807, 2.05) is 11.9 Å². The zero-order valence-electron chi connectivity index (χ0n) is 9.96. The van der Waals surface area contributed by atoms with Crippen LogP contribution in [-0.2, 0) is 0 Å². The Kier molecular flexibility index (Phi) is 3.56. The van der Waals surface area contributed by atoms with E-state index in [-0.39, 0.29) is 5.56 Å². The van der Waals surface area contributed by atoms with Crippen LogP contribution in [0.5, 0.6) is 0 Å². The number of carboxylic acid groups (broad SMARTS) is 1. The van der Waals surface area contributed by atoms with E-state index in [4.69, 9.17) is 5.11 Å². The van der Waals surface area contributed by atoms with Crippen molar-refractivity contribution in [1.29, 1.82) is 0 Å². The van der Waals surface area contributed by atoms with Gasteiger partial charge in [-0.05, 0) is 12.8 Å². The molecule has 2 rings (SSSR count). The van der Waals surface area contributed by atoms with Gasteiger partial charge in [0.15, 0.2) is 0 Å². The molecule has 0 aliphatic heterocycles. The normalized spacial score (nSPS) is 16.8. The largest absolute Gasteiger partial charge is 0.477 e. The zero-order valence-corrected chi connectivity index (χ0v) is 9.96. The number of hydrogen-bond donors (Lipinski definition) is 1. The van der Waals surface area contributed by atoms with Crippen LogP contribution in [-0.4, -0.2) is 34.1 Å². The van der Waals surface area contributed by atoms with Crippen LogP contribution in [0.2, 0.25) is 0 Å². The first kappa shape index (κ1) is 11.8. The molecule has 17 heavy (non-hydrogen) atoms. The molecule has 1 aliphatic rings. The topological polar surface area (TPSA) is 66.3 Å². The Morgan fingerprint density at radius 1 is 1.41 bits per heavy atom. The lowest BCUT2D eigenvalue weighted by Crippen LogP contribution is -2.35. The third-order valence-electron chi connectivity index (χ3n) is 3.38. The maximum absolute atomic E-state index is 11.1. The minimum atomic E-state index is -0.969. The summed E-state index contributed by atoms with van der Waals surface area (Å²) in [6, 6.07) is 0.400. The lowest BCUT2D eigenvalue weighted by Gasteiger charge is -2.32. The van der Waals surface area contributed by atoms with E-state index >= 15 is 0 Å². The Balaban J connectivity index is 2.23. The first-order valence-electron chi connectivity index (χ1n) is 5.96. The Labute approximate surface area is 100 Å². The minimum Gasteiger partial charge on any atom is -0.477 e. The van der Waals surface area contributed by atoms with E-state index < -0.39 is 5.97 Å². The van der Waals surface area contributed by atoms with E-state index in [0.29, 0.717) is 11.9 Å². The van der Waals surface area contributed by atoms with Gasteiger partial charge in [-0.2, -0.15) is 0 Å². The molecule has 92 valence electrons. The highest BCUT2D eigenvalue weighted by Gasteiger charge is 2.23. The lowest BCUT2D eigenvalue weighted by molar-refractivity contribution is 0.0696. The van der Waals surface area contributed by atoms with Crippen molar-refractivity contribution in [2.75, 3.05) is 11.9 Å². The third kappa shape index (κ3) is 2.54. The van der Waals surface area contributed by atoms with Gasteiger partial charge in [0.2, 0.25) is 0 Å². The zero-order chi connectivity index (χ0) is 12.3. The average molecular weight is 235 g/mol. The molecule has 1 aromatic rings. The van der Waals surface area contributed by atoms with Crippen LogP contribution in [0.25, 0.3) is 0 Å². The van der Waals surface area contributed by atoms with Crippen LogP contribution < -0.4 is 4.90 Å². The number of nitrogens with zero attached hydrogens (tertiary/aromatic N) is 3. The molecule has 0 amide bonds. The molecule has 0 aromatic carbocycles. The molecular weight excluding hydrogens is 218 g/mol. The number of rotatable bonds is 3. The highest BCUT2D eigenvalue weighted by molar-refractivity contribution is 5.92. The maximum atomic E-state index is 11.1. The van der Waals surface area contributed by atoms with Gasteiger partial charge in [0.25, 0.3) is 0 Å². The van der Waals surface area contributed by atoms with Gasteiger partial charge in [0.05, 0.1) is 0 Å². The summed E-state index contributed by atoms with van der Waals surface area (Å²) in [6.45, 7) is 0. The number of aromatic nitrogens is 2. The van der Waals surface area contributed by atoms with Crippen LogP contribution in [0.3, 0.4) is 0 Å². The smallest absolute Gasteiger partial charge is 0.341 e. The van der Waals surface area contributed by atoms with Crippen molar-refractivity contribution in [2.24, 2.45) is 0 Å². The van der Waals surface area contributed by atoms with Gasteiger partial charge in [0, 0.05) is 19.3 Å². The fourth-order valence-electron chi connectivity index (χ4n) is 2.40. The second kappa shape index (κ2) is 5.12. The van der Waals surface area contributed by atoms with Crippen LogP contribution in [0.15, 0.2) is 12.5 Å². The first-order valence-corrected chi connectivity index (χ1v) is 5.96. The van der Waals surface area contributed by atoms with Gasteiger partial charge in [-0.1, -0.05) is 19.3 Å². The number of hydrogen-bond acceptors (Lipinski definition) is 4. The summed E-state index contributed by atoms with van der Waals surface area (Å²) in [6.07, 6.45) is 8.69. The maximum Gasteiger partial charge on any atom is 0.341 e. The quantitative estimate of drug-likeness (QED) is 0.867. The van der Waals surface area contributed by atoms with E-state index in [9.17, 15) is 4.79 Å². The van der Waals surface area contributed by atoms with Crippen molar-refractivity contribution in [2.45, 2.75) is 38.1 Å². The fourth-order valence-corrected chi connectivity index (χ4v) is 2.40. The molecule has 0 atom stereocenters. The van der Waals surface area contributed by atoms with Gasteiger partial charge in [0.1, 0.15) is 17.7 Å². The molecule has 1 aromatic heterocycles. The predicted molar refractivity (Wildman–Crippen MR) is 64.3 cm³/mol. The number of carbonyl (C=O) groups is 1. The van der Waals surface area contributed by atoms with Crippen molar-refractivity contribution < 1.29 is 9.90 Å². The average Bonchev–Trinajstić information content (AvgIpc) is 2.39. The molecule has 1 saturated carbocycles. The van der Waals surface area contributed by atoms with Crippen molar-refractivity contribution >= 4 is 11.8 Å². The molecule has 1 aliphatic carbocycles. The highest BCUT2D eigenvalue weighted by Crippen LogP contribution is 2.26. The standard InChI is InChI=1S/C12H17N3O2/c1-15(9-5-3-2-4-6-9)11-10(12(16)17)7-13-8-14-11/h7-9H,2-6H2,1H3,(H,16,17). The van der Waals surface area contributed by atoms with Crippen LogP contribution in [0.1, 0.15) is 42.5 Å². The molecule has 5 heteroatoms. The second-order valence-electron chi connectivity index (χ2n) is 4.47. The summed E-state index contributed by atoms with van der Waals surface area (Å²) in [7, 11) is 1.92. The molecule has 0 spiro atoms. The molecule has 0 bridgehead atoms. The SMILES string of the molecule is CN(c1ncncc1C(=O)O)C1CCCCC1. The van der Waals surface area contributed by atoms with Crippen molar-refractivity contribution in [3.8, 4) is 0 Å². The molecule has 1 fully saturated rings. The number of aromatic carboxylic acids is 1. The Morgan fingerprint density at radius 3 is 2.76 bits per heavy atom. The Morgan fingerprint density at radius 2 is 2.12 bits per heavy atom. The summed E-state index contributed by atoms with van der Waals surface area (Å²) in [5.41, 5.74) is 0.181. The molecule has 0 saturated heterocycles. The monoisotopic (exact) mass is 235 g/mol. The summed E-state index contributed by atoms with van der Waals surface area (Å²) in [4.78, 5) is 21.0. The predicted octanol–water partition coefficient (Wildman–Crippen LogP) is 1.94. The third-order valence-corrected chi connectivity index (χ3v) is 3.38. The second-order valence-corrected chi connectivity index (χ2v) is 4.47. The van der Waals surface area contributed by atoms with Gasteiger partial charge in [-0.15, -0.1) is 0 Å². The molecule has 5 nitrogen and oxygen atoms in total.